The zero-order chi connectivity index (χ0) is 6.41. The predicted octanol–water partition coefficient (Wildman–Crippen LogP) is 2.60. The molecular formula is C6H5IS. The first-order valence-corrected chi connectivity index (χ1v) is 3.93. The molecule has 0 radical (unpaired) electrons. The van der Waals surface area contributed by atoms with E-state index < -0.39 is 0 Å². The van der Waals surface area contributed by atoms with E-state index in [2.05, 4.69) is 52.3 Å². The van der Waals surface area contributed by atoms with E-state index >= 15 is 0 Å². The number of hydrogen-bond acceptors (Lipinski definition) is 1. The van der Waals surface area contributed by atoms with E-state index in [1.165, 1.54) is 3.57 Å². The van der Waals surface area contributed by atoms with Gasteiger partial charge >= 0.3 is 0 Å². The Bertz CT molecular complexity index is 141. The minimum Gasteiger partial charge on any atom is -0.151 e. The molecule has 1 rings (SSSR count). The predicted molar refractivity (Wildman–Crippen MR) is 46.9 cm³/mol. The fraction of sp³-hybridized carbons (Fsp3) is 0. The smallest absolute Gasteiger partial charge is 0.0237 e. The van der Waals surface area contributed by atoms with E-state index in [1.807, 2.05) is 0 Å². The largest absolute Gasteiger partial charge is 0.151 e. The summed E-state index contributed by atoms with van der Waals surface area (Å²) in [6, 6.07) is 2.09. The first kappa shape index (κ1) is 7.99. The number of halogens is 1. The van der Waals surface area contributed by atoms with Crippen molar-refractivity contribution >= 4 is 33.9 Å². The van der Waals surface area contributed by atoms with E-state index in [4.69, 9.17) is 0 Å². The zero-order valence-corrected chi connectivity index (χ0v) is 7.15. The Balaban J connectivity index is 0.000000222. The van der Waals surface area contributed by atoms with Gasteiger partial charge in [0, 0.05) is 8.95 Å². The van der Waals surface area contributed by atoms with Gasteiger partial charge in [0.05, 0.1) is 0 Å². The van der Waals surface area contributed by atoms with Crippen LogP contribution in [0.5, 0.6) is 0 Å². The number of rotatable bonds is 0. The van der Waals surface area contributed by atoms with Crippen molar-refractivity contribution in [1.29, 1.82) is 0 Å². The molecule has 0 saturated heterocycles. The van der Waals surface area contributed by atoms with Gasteiger partial charge in [-0.1, -0.05) is 0 Å². The maximum Gasteiger partial charge on any atom is 0.0237 e. The van der Waals surface area contributed by atoms with Crippen LogP contribution < -0.4 is 0 Å². The molecule has 0 saturated carbocycles. The molecule has 0 atom stereocenters. The summed E-state index contributed by atoms with van der Waals surface area (Å²) in [7, 11) is 0. The summed E-state index contributed by atoms with van der Waals surface area (Å²) in [5.41, 5.74) is 0. The molecule has 1 aromatic heterocycles. The molecule has 0 fully saturated rings. The Kier molecular flexibility index (Phi) is 5.13. The van der Waals surface area contributed by atoms with Crippen molar-refractivity contribution in [2.75, 3.05) is 0 Å². The van der Waals surface area contributed by atoms with Crippen molar-refractivity contribution in [1.82, 2.24) is 0 Å². The van der Waals surface area contributed by atoms with Crippen LogP contribution in [0.1, 0.15) is 0 Å². The number of hydrogen-bond donors (Lipinski definition) is 0. The third kappa shape index (κ3) is 3.05. The normalized spacial score (nSPS) is 6.88. The monoisotopic (exact) mass is 236 g/mol. The molecule has 1 heterocycles. The van der Waals surface area contributed by atoms with Gasteiger partial charge in [-0.25, -0.2) is 0 Å². The van der Waals surface area contributed by atoms with Gasteiger partial charge in [0.1, 0.15) is 0 Å². The minimum atomic E-state index is 1.33. The van der Waals surface area contributed by atoms with Crippen LogP contribution in [0, 0.1) is 16.4 Å². The fourth-order valence-electron chi connectivity index (χ4n) is 0.248. The molecule has 0 unspecified atom stereocenters. The lowest BCUT2D eigenvalue weighted by Crippen LogP contribution is -1.43. The van der Waals surface area contributed by atoms with Gasteiger partial charge in [-0.15, -0.1) is 12.8 Å². The topological polar surface area (TPSA) is 0 Å². The lowest BCUT2D eigenvalue weighted by molar-refractivity contribution is 1.89. The van der Waals surface area contributed by atoms with Gasteiger partial charge in [-0.3, -0.25) is 0 Å². The highest BCUT2D eigenvalue weighted by atomic mass is 127. The number of thiophene rings is 1. The van der Waals surface area contributed by atoms with Crippen LogP contribution in [0.25, 0.3) is 0 Å². The lowest BCUT2D eigenvalue weighted by Gasteiger charge is -1.62. The Morgan fingerprint density at radius 2 is 2.12 bits per heavy atom. The van der Waals surface area contributed by atoms with Crippen LogP contribution >= 0.6 is 33.9 Å². The maximum atomic E-state index is 4.00. The van der Waals surface area contributed by atoms with Gasteiger partial charge in [-0.2, -0.15) is 11.3 Å². The summed E-state index contributed by atoms with van der Waals surface area (Å²) in [4.78, 5) is 0. The van der Waals surface area contributed by atoms with Gasteiger partial charge in [0.2, 0.25) is 0 Å². The van der Waals surface area contributed by atoms with Crippen molar-refractivity contribution in [2.45, 2.75) is 0 Å². The fourth-order valence-corrected chi connectivity index (χ4v) is 1.62. The molecule has 0 N–H and O–H groups in total. The SMILES string of the molecule is C#C.Ic1ccsc1. The first-order chi connectivity index (χ1) is 3.89. The average Bonchev–Trinajstić information content (AvgIpc) is 2.24. The van der Waals surface area contributed by atoms with Crippen molar-refractivity contribution in [2.24, 2.45) is 0 Å². The maximum absolute atomic E-state index is 4.00. The Morgan fingerprint density at radius 1 is 1.50 bits per heavy atom. The molecule has 0 aliphatic rings. The van der Waals surface area contributed by atoms with E-state index in [1.54, 1.807) is 11.3 Å². The molecule has 0 aliphatic carbocycles. The van der Waals surface area contributed by atoms with Crippen LogP contribution in [0.2, 0.25) is 0 Å². The highest BCUT2D eigenvalue weighted by Gasteiger charge is 1.76. The summed E-state index contributed by atoms with van der Waals surface area (Å²) in [5, 5.41) is 4.18. The lowest BCUT2D eigenvalue weighted by atomic mass is 10.7. The zero-order valence-electron chi connectivity index (χ0n) is 4.17. The van der Waals surface area contributed by atoms with Crippen molar-refractivity contribution in [3.8, 4) is 12.8 Å². The molecule has 0 nitrogen and oxygen atoms in total. The molecule has 2 heteroatoms. The van der Waals surface area contributed by atoms with E-state index in [-0.39, 0.29) is 0 Å². The average molecular weight is 236 g/mol. The summed E-state index contributed by atoms with van der Waals surface area (Å²) in [5.74, 6) is 0. The van der Waals surface area contributed by atoms with Crippen LogP contribution in [0.3, 0.4) is 0 Å². The quantitative estimate of drug-likeness (QED) is 0.479. The molecule has 1 aromatic rings. The van der Waals surface area contributed by atoms with Crippen LogP contribution in [-0.4, -0.2) is 0 Å². The van der Waals surface area contributed by atoms with E-state index in [0.29, 0.717) is 0 Å². The highest BCUT2D eigenvalue weighted by molar-refractivity contribution is 14.1. The summed E-state index contributed by atoms with van der Waals surface area (Å²) >= 11 is 4.02. The second-order valence-corrected chi connectivity index (χ2v) is 2.97. The van der Waals surface area contributed by atoms with Crippen LogP contribution in [0.15, 0.2) is 16.8 Å². The standard InChI is InChI=1S/C4H3IS.C2H2/c5-4-1-2-6-3-4;1-2/h1-3H;1-2H. The molecule has 0 spiro atoms. The molecule has 8 heavy (non-hydrogen) atoms. The minimum absolute atomic E-state index is 1.33. The molecule has 0 aliphatic heterocycles. The van der Waals surface area contributed by atoms with Gasteiger partial charge in [0.25, 0.3) is 0 Å². The van der Waals surface area contributed by atoms with Crippen molar-refractivity contribution in [3.05, 3.63) is 20.4 Å². The molecule has 0 bridgehead atoms. The number of terminal acetylenes is 1. The Morgan fingerprint density at radius 3 is 2.25 bits per heavy atom. The van der Waals surface area contributed by atoms with Gasteiger partial charge in [-0.05, 0) is 34.0 Å². The second-order valence-electron chi connectivity index (χ2n) is 0.942. The second kappa shape index (κ2) is 5.13. The van der Waals surface area contributed by atoms with Gasteiger partial charge < -0.3 is 0 Å². The summed E-state index contributed by atoms with van der Waals surface area (Å²) in [6.45, 7) is 0. The Hall–Kier alpha value is -0.0100. The van der Waals surface area contributed by atoms with Crippen molar-refractivity contribution in [3.63, 3.8) is 0 Å². The highest BCUT2D eigenvalue weighted by Crippen LogP contribution is 2.06. The van der Waals surface area contributed by atoms with Crippen LogP contribution in [-0.2, 0) is 0 Å². The van der Waals surface area contributed by atoms with Crippen molar-refractivity contribution < 1.29 is 0 Å². The molecule has 0 aromatic carbocycles. The third-order valence-electron chi connectivity index (χ3n) is 0.486. The molecular weight excluding hydrogens is 231 g/mol. The molecule has 42 valence electrons. The van der Waals surface area contributed by atoms with E-state index in [9.17, 15) is 0 Å². The summed E-state index contributed by atoms with van der Waals surface area (Å²) in [6.07, 6.45) is 8.00. The van der Waals surface area contributed by atoms with E-state index in [0.717, 1.165) is 0 Å². The molecule has 0 amide bonds. The van der Waals surface area contributed by atoms with Gasteiger partial charge in [0.15, 0.2) is 0 Å². The Labute approximate surface area is 67.1 Å². The van der Waals surface area contributed by atoms with Crippen LogP contribution in [0.4, 0.5) is 0 Å². The third-order valence-corrected chi connectivity index (χ3v) is 2.26. The first-order valence-electron chi connectivity index (χ1n) is 1.90. The summed E-state index contributed by atoms with van der Waals surface area (Å²) < 4.78 is 1.33.